The largest absolute Gasteiger partial charge is 0.436 e. The molecule has 3 unspecified atom stereocenters. The van der Waals surface area contributed by atoms with Gasteiger partial charge in [0.1, 0.15) is 12.1 Å². The molecule has 1 aromatic carbocycles. The van der Waals surface area contributed by atoms with Crippen molar-refractivity contribution in [3.8, 4) is 0 Å². The molecule has 2 heterocycles. The fourth-order valence-electron chi connectivity index (χ4n) is 6.57. The van der Waals surface area contributed by atoms with Crippen LogP contribution in [0.2, 0.25) is 0 Å². The van der Waals surface area contributed by atoms with Gasteiger partial charge in [-0.3, -0.25) is 19.3 Å². The molecule has 52 heavy (non-hydrogen) atoms. The van der Waals surface area contributed by atoms with E-state index < -0.39 is 58.8 Å². The average Bonchev–Trinajstić information content (AvgIpc) is 3.15. The summed E-state index contributed by atoms with van der Waals surface area (Å²) in [7, 11) is -4.10. The van der Waals surface area contributed by atoms with Crippen molar-refractivity contribution in [2.75, 3.05) is 72.3 Å². The van der Waals surface area contributed by atoms with Gasteiger partial charge in [0, 0.05) is 39.3 Å². The van der Waals surface area contributed by atoms with Crippen molar-refractivity contribution in [2.24, 2.45) is 5.92 Å². The molecule has 3 amide bonds. The van der Waals surface area contributed by atoms with Crippen molar-refractivity contribution in [3.63, 3.8) is 0 Å². The summed E-state index contributed by atoms with van der Waals surface area (Å²) in [4.78, 5) is 41.9. The van der Waals surface area contributed by atoms with Crippen molar-refractivity contribution >= 4 is 27.9 Å². The molecular weight excluding hydrogens is 702 g/mol. The zero-order chi connectivity index (χ0) is 37.4. The van der Waals surface area contributed by atoms with Crippen molar-refractivity contribution < 1.29 is 45.8 Å². The van der Waals surface area contributed by atoms with Gasteiger partial charge in [0.15, 0.2) is 0 Å². The lowest BCUT2D eigenvalue weighted by atomic mass is 9.85. The third kappa shape index (κ3) is 13.7. The summed E-state index contributed by atoms with van der Waals surface area (Å²) < 4.78 is 75.5. The number of nitrogens with zero attached hydrogens (tertiary/aromatic N) is 2. The maximum Gasteiger partial charge on any atom is 0.436 e. The number of carbonyl (C=O) groups excluding carboxylic acids is 3. The lowest BCUT2D eigenvalue weighted by molar-refractivity contribution is -0.233. The summed E-state index contributed by atoms with van der Waals surface area (Å²) in [6, 6.07) is 5.46. The molecule has 3 fully saturated rings. The number of hydrogen-bond acceptors (Lipinski definition) is 9. The van der Waals surface area contributed by atoms with Crippen LogP contribution in [0.4, 0.5) is 8.78 Å². The number of rotatable bonds is 20. The molecule has 0 spiro atoms. The Morgan fingerprint density at radius 2 is 1.58 bits per heavy atom. The van der Waals surface area contributed by atoms with E-state index in [1.54, 1.807) is 30.3 Å². The summed E-state index contributed by atoms with van der Waals surface area (Å²) in [5.41, 5.74) is 0.688. The number of hydrogen-bond donors (Lipinski definition) is 4. The fourth-order valence-corrected chi connectivity index (χ4v) is 7.90. The smallest absolute Gasteiger partial charge is 0.379 e. The Morgan fingerprint density at radius 3 is 2.23 bits per heavy atom. The molecule has 17 heteroatoms. The molecule has 1 saturated carbocycles. The second-order valence-corrected chi connectivity index (χ2v) is 15.1. The highest BCUT2D eigenvalue weighted by molar-refractivity contribution is 7.87. The number of carbonyl (C=O) groups is 3. The van der Waals surface area contributed by atoms with E-state index in [9.17, 15) is 31.6 Å². The molecule has 0 aromatic heterocycles. The highest BCUT2D eigenvalue weighted by Crippen LogP contribution is 2.28. The third-order valence-corrected chi connectivity index (χ3v) is 11.1. The van der Waals surface area contributed by atoms with Gasteiger partial charge in [-0.15, -0.1) is 6.58 Å². The van der Waals surface area contributed by atoms with Gasteiger partial charge in [-0.2, -0.15) is 26.2 Å². The van der Waals surface area contributed by atoms with E-state index >= 15 is 0 Å². The zero-order valence-corrected chi connectivity index (χ0v) is 30.6. The minimum Gasteiger partial charge on any atom is -0.379 e. The quantitative estimate of drug-likeness (QED) is 0.144. The van der Waals surface area contributed by atoms with Gasteiger partial charge in [0.25, 0.3) is 10.2 Å². The van der Waals surface area contributed by atoms with Crippen LogP contribution in [0.1, 0.15) is 50.5 Å². The van der Waals surface area contributed by atoms with E-state index in [1.165, 1.54) is 10.4 Å². The van der Waals surface area contributed by atoms with Crippen LogP contribution in [0, 0.1) is 5.92 Å². The van der Waals surface area contributed by atoms with Gasteiger partial charge >= 0.3 is 12.0 Å². The Kier molecular flexibility index (Phi) is 16.8. The monoisotopic (exact) mass is 756 g/mol. The van der Waals surface area contributed by atoms with E-state index in [2.05, 4.69) is 27.3 Å². The van der Waals surface area contributed by atoms with Gasteiger partial charge in [-0.05, 0) is 30.7 Å². The molecule has 3 atom stereocenters. The molecule has 2 aliphatic heterocycles. The van der Waals surface area contributed by atoms with Crippen LogP contribution in [0.25, 0.3) is 0 Å². The molecule has 4 N–H and O–H groups in total. The summed E-state index contributed by atoms with van der Waals surface area (Å²) in [5.74, 6) is -2.84. The maximum atomic E-state index is 14.9. The SMILES string of the molecule is C=CCC(NC(=O)C(Cc1ccccc1)NS(=O)(=O)N1CCOCC1)C(=O)NC(COC(F)(F)C(=O)NCCN1CCOCC1)CC1CCCCC1. The molecule has 292 valence electrons. The number of nitrogens with one attached hydrogen (secondary N) is 4. The van der Waals surface area contributed by atoms with E-state index in [4.69, 9.17) is 14.2 Å². The lowest BCUT2D eigenvalue weighted by Crippen LogP contribution is -2.58. The van der Waals surface area contributed by atoms with Crippen molar-refractivity contribution in [1.82, 2.24) is 29.9 Å². The fraction of sp³-hybridized carbons (Fsp3) is 0.686. The first-order valence-corrected chi connectivity index (χ1v) is 19.6. The van der Waals surface area contributed by atoms with Crippen molar-refractivity contribution in [3.05, 3.63) is 48.6 Å². The van der Waals surface area contributed by atoms with Crippen LogP contribution >= 0.6 is 0 Å². The predicted molar refractivity (Wildman–Crippen MR) is 189 cm³/mol. The van der Waals surface area contributed by atoms with Gasteiger partial charge < -0.3 is 30.2 Å². The topological polar surface area (TPSA) is 168 Å². The number of benzene rings is 1. The molecule has 0 radical (unpaired) electrons. The number of halogens is 2. The van der Waals surface area contributed by atoms with Crippen LogP contribution < -0.4 is 20.7 Å². The van der Waals surface area contributed by atoms with Gasteiger partial charge in [0.2, 0.25) is 11.8 Å². The first-order valence-electron chi connectivity index (χ1n) is 18.2. The number of ether oxygens (including phenoxy) is 3. The minimum atomic E-state index is -4.14. The Bertz CT molecular complexity index is 1390. The highest BCUT2D eigenvalue weighted by atomic mass is 32.2. The maximum absolute atomic E-state index is 14.9. The average molecular weight is 757 g/mol. The first-order chi connectivity index (χ1) is 25.0. The van der Waals surface area contributed by atoms with Crippen molar-refractivity contribution in [1.29, 1.82) is 0 Å². The Morgan fingerprint density at radius 1 is 0.942 bits per heavy atom. The Labute approximate surface area is 305 Å². The van der Waals surface area contributed by atoms with Crippen molar-refractivity contribution in [2.45, 2.75) is 75.6 Å². The molecule has 4 rings (SSSR count). The molecule has 1 aliphatic carbocycles. The molecule has 2 saturated heterocycles. The molecule has 1 aromatic rings. The van der Waals surface area contributed by atoms with Crippen LogP contribution in [0.15, 0.2) is 43.0 Å². The summed E-state index contributed by atoms with van der Waals surface area (Å²) in [6.07, 6.45) is 2.35. The summed E-state index contributed by atoms with van der Waals surface area (Å²) >= 11 is 0. The normalized spacial score (nSPS) is 20.0. The molecule has 3 aliphatic rings. The lowest BCUT2D eigenvalue weighted by Gasteiger charge is -2.30. The van der Waals surface area contributed by atoms with Crippen LogP contribution in [0.5, 0.6) is 0 Å². The minimum absolute atomic E-state index is 0.000407. The second kappa shape index (κ2) is 21.0. The third-order valence-electron chi connectivity index (χ3n) is 9.47. The number of amides is 3. The molecule has 14 nitrogen and oxygen atoms in total. The first kappa shape index (κ1) is 41.7. The Balaban J connectivity index is 1.41. The number of alkyl halides is 2. The summed E-state index contributed by atoms with van der Waals surface area (Å²) in [6.45, 7) is 6.52. The van der Waals surface area contributed by atoms with Gasteiger partial charge in [-0.1, -0.05) is 68.5 Å². The predicted octanol–water partition coefficient (Wildman–Crippen LogP) is 1.34. The van der Waals surface area contributed by atoms with E-state index in [-0.39, 0.29) is 51.6 Å². The molecule has 0 bridgehead atoms. The zero-order valence-electron chi connectivity index (χ0n) is 29.7. The van der Waals surface area contributed by atoms with E-state index in [1.807, 2.05) is 4.90 Å². The van der Waals surface area contributed by atoms with Crippen LogP contribution in [-0.4, -0.2) is 132 Å². The standard InChI is InChI=1S/C35H54F2N6O8S/c1-2-9-30(40-33(45)31(25-28-12-7-4-8-13-28)41-52(47,48)43-18-22-50-23-19-43)32(44)39-29(24-27-10-5-3-6-11-27)26-51-35(36,37)34(46)38-14-15-42-16-20-49-21-17-42/h2,4,7-8,12-13,27,29-31,41H,1,3,5-6,9-11,14-26H2,(H,38,46)(H,39,44)(H,40,45). The second-order valence-electron chi connectivity index (χ2n) is 13.4. The van der Waals surface area contributed by atoms with E-state index in [0.29, 0.717) is 44.8 Å². The van der Waals surface area contributed by atoms with Gasteiger partial charge in [0.05, 0.1) is 39.1 Å². The van der Waals surface area contributed by atoms with E-state index in [0.717, 1.165) is 32.1 Å². The van der Waals surface area contributed by atoms with Gasteiger partial charge in [-0.25, -0.2) is 0 Å². The summed E-state index contributed by atoms with van der Waals surface area (Å²) in [5, 5.41) is 7.66. The molecular formula is C35H54F2N6O8S. The number of morpholine rings is 2. The highest BCUT2D eigenvalue weighted by Gasteiger charge is 2.41. The Hall–Kier alpha value is -3.06. The van der Waals surface area contributed by atoms with Crippen LogP contribution in [0.3, 0.4) is 0 Å². The van der Waals surface area contributed by atoms with Crippen LogP contribution in [-0.2, 0) is 45.2 Å².